The minimum absolute atomic E-state index is 0.291. The van der Waals surface area contributed by atoms with E-state index in [0.717, 1.165) is 36.8 Å². The molecule has 228 valence electrons. The first kappa shape index (κ1) is 30.1. The SMILES string of the molecule is CC(=O)O[C@@H]1C[C@H](c2ccncc2N)O[C@@H]2CCC[C@]12O.CC(=O)O[C@H]1C[C@@H](c2ccncc2N)O[C@H]2CCC[C@@]12O. The van der Waals surface area contributed by atoms with Crippen molar-refractivity contribution in [2.75, 3.05) is 11.5 Å². The van der Waals surface area contributed by atoms with Gasteiger partial charge in [0, 0.05) is 50.2 Å². The van der Waals surface area contributed by atoms with Crippen molar-refractivity contribution < 1.29 is 38.7 Å². The van der Waals surface area contributed by atoms with Gasteiger partial charge in [0.1, 0.15) is 23.4 Å². The molecule has 2 aromatic heterocycles. The predicted molar refractivity (Wildman–Crippen MR) is 150 cm³/mol. The molecule has 2 aliphatic carbocycles. The van der Waals surface area contributed by atoms with Gasteiger partial charge in [-0.2, -0.15) is 0 Å². The van der Waals surface area contributed by atoms with Crippen LogP contribution in [0.5, 0.6) is 0 Å². The summed E-state index contributed by atoms with van der Waals surface area (Å²) in [5, 5.41) is 21.6. The molecule has 0 bridgehead atoms. The van der Waals surface area contributed by atoms with E-state index in [-0.39, 0.29) is 36.4 Å². The van der Waals surface area contributed by atoms with Crippen LogP contribution in [0.3, 0.4) is 0 Å². The number of pyridine rings is 2. The topological polar surface area (TPSA) is 189 Å². The molecule has 0 radical (unpaired) electrons. The highest BCUT2D eigenvalue weighted by atomic mass is 16.6. The van der Waals surface area contributed by atoms with Gasteiger partial charge < -0.3 is 40.6 Å². The molecular weight excluding hydrogens is 544 g/mol. The molecule has 6 N–H and O–H groups in total. The van der Waals surface area contributed by atoms with Gasteiger partial charge >= 0.3 is 11.9 Å². The molecule has 0 unspecified atom stereocenters. The normalized spacial score (nSPS) is 35.2. The number of esters is 2. The highest BCUT2D eigenvalue weighted by Crippen LogP contribution is 2.48. The Hall–Kier alpha value is -3.32. The number of nitrogens with two attached hydrogens (primary N) is 2. The van der Waals surface area contributed by atoms with Gasteiger partial charge in [0.15, 0.2) is 0 Å². The first-order valence-electron chi connectivity index (χ1n) is 14.5. The van der Waals surface area contributed by atoms with Crippen molar-refractivity contribution in [1.29, 1.82) is 0 Å². The molecule has 4 fully saturated rings. The molecular formula is C30H40N4O8. The molecule has 0 aromatic carbocycles. The maximum absolute atomic E-state index is 11.3. The Morgan fingerprint density at radius 1 is 0.810 bits per heavy atom. The van der Waals surface area contributed by atoms with Crippen LogP contribution in [-0.4, -0.2) is 67.7 Å². The number of nitrogens with zero attached hydrogens (tertiary/aromatic N) is 2. The van der Waals surface area contributed by atoms with E-state index in [1.54, 1.807) is 24.8 Å². The van der Waals surface area contributed by atoms with E-state index in [1.165, 1.54) is 13.8 Å². The first-order chi connectivity index (χ1) is 20.0. The standard InChI is InChI=1S/2C15H20N2O4/c2*1-9(18)20-14-7-12(10-4-6-17-8-11(10)16)21-13-3-2-5-15(13,14)19/h2*4,6,8,12-14,19H,2-3,5,7,16H2,1H3/t2*12-,13-,14-,15-/m10/s1. The number of hydrogen-bond donors (Lipinski definition) is 4. The molecule has 2 saturated carbocycles. The van der Waals surface area contributed by atoms with Crippen LogP contribution in [0.1, 0.15) is 88.5 Å². The van der Waals surface area contributed by atoms with Crippen molar-refractivity contribution in [2.24, 2.45) is 0 Å². The lowest BCUT2D eigenvalue weighted by Crippen LogP contribution is -2.55. The zero-order valence-electron chi connectivity index (χ0n) is 24.0. The van der Waals surface area contributed by atoms with E-state index in [4.69, 9.17) is 30.4 Å². The molecule has 0 spiro atoms. The third-order valence-electron chi connectivity index (χ3n) is 8.92. The van der Waals surface area contributed by atoms with Crippen LogP contribution in [0.15, 0.2) is 36.9 Å². The maximum Gasteiger partial charge on any atom is 0.303 e. The number of ether oxygens (including phenoxy) is 4. The zero-order valence-corrected chi connectivity index (χ0v) is 24.0. The van der Waals surface area contributed by atoms with Crippen LogP contribution in [-0.2, 0) is 28.5 Å². The molecule has 2 saturated heterocycles. The number of carbonyl (C=O) groups is 2. The molecule has 4 aliphatic rings. The molecule has 8 atom stereocenters. The Bertz CT molecular complexity index is 1200. The van der Waals surface area contributed by atoms with Crippen molar-refractivity contribution in [3.8, 4) is 0 Å². The molecule has 6 rings (SSSR count). The lowest BCUT2D eigenvalue weighted by atomic mass is 9.84. The van der Waals surface area contributed by atoms with E-state index in [9.17, 15) is 19.8 Å². The average Bonchev–Trinajstić information content (AvgIpc) is 3.52. The number of anilines is 2. The Morgan fingerprint density at radius 2 is 1.21 bits per heavy atom. The number of rotatable bonds is 4. The van der Waals surface area contributed by atoms with E-state index < -0.39 is 23.4 Å². The van der Waals surface area contributed by atoms with E-state index in [1.807, 2.05) is 12.1 Å². The molecule has 2 aromatic rings. The monoisotopic (exact) mass is 584 g/mol. The summed E-state index contributed by atoms with van der Waals surface area (Å²) >= 11 is 0. The molecule has 4 heterocycles. The fourth-order valence-corrected chi connectivity index (χ4v) is 6.90. The van der Waals surface area contributed by atoms with Gasteiger partial charge in [-0.1, -0.05) is 0 Å². The minimum atomic E-state index is -1.08. The maximum atomic E-state index is 11.3. The van der Waals surface area contributed by atoms with Crippen molar-refractivity contribution in [3.63, 3.8) is 0 Å². The van der Waals surface area contributed by atoms with Crippen LogP contribution in [0.4, 0.5) is 11.4 Å². The highest BCUT2D eigenvalue weighted by Gasteiger charge is 2.56. The van der Waals surface area contributed by atoms with Crippen LogP contribution in [0.2, 0.25) is 0 Å². The van der Waals surface area contributed by atoms with Gasteiger partial charge in [0.05, 0.1) is 48.2 Å². The number of aromatic nitrogens is 2. The van der Waals surface area contributed by atoms with Gasteiger partial charge in [0.25, 0.3) is 0 Å². The summed E-state index contributed by atoms with van der Waals surface area (Å²) in [7, 11) is 0. The van der Waals surface area contributed by atoms with E-state index >= 15 is 0 Å². The van der Waals surface area contributed by atoms with E-state index in [2.05, 4.69) is 9.97 Å². The molecule has 0 amide bonds. The smallest absolute Gasteiger partial charge is 0.303 e. The largest absolute Gasteiger partial charge is 0.459 e. The zero-order chi connectivity index (χ0) is 30.1. The van der Waals surface area contributed by atoms with Gasteiger partial charge in [-0.05, 0) is 50.7 Å². The number of hydrogen-bond acceptors (Lipinski definition) is 12. The Morgan fingerprint density at radius 3 is 1.57 bits per heavy atom. The summed E-state index contributed by atoms with van der Waals surface area (Å²) in [4.78, 5) is 30.6. The molecule has 2 aliphatic heterocycles. The van der Waals surface area contributed by atoms with Gasteiger partial charge in [-0.15, -0.1) is 0 Å². The second-order valence-electron chi connectivity index (χ2n) is 11.7. The van der Waals surface area contributed by atoms with Crippen molar-refractivity contribution in [2.45, 2.75) is 113 Å². The number of nitrogen functional groups attached to an aromatic ring is 2. The third kappa shape index (κ3) is 5.94. The van der Waals surface area contributed by atoms with Gasteiger partial charge in [0.2, 0.25) is 0 Å². The Balaban J connectivity index is 0.000000168. The van der Waals surface area contributed by atoms with Crippen molar-refractivity contribution >= 4 is 23.3 Å². The van der Waals surface area contributed by atoms with Crippen LogP contribution >= 0.6 is 0 Å². The third-order valence-corrected chi connectivity index (χ3v) is 8.92. The lowest BCUT2D eigenvalue weighted by molar-refractivity contribution is -0.227. The molecule has 12 heteroatoms. The van der Waals surface area contributed by atoms with Crippen LogP contribution in [0.25, 0.3) is 0 Å². The average molecular weight is 585 g/mol. The predicted octanol–water partition coefficient (Wildman–Crippen LogP) is 2.68. The molecule has 42 heavy (non-hydrogen) atoms. The van der Waals surface area contributed by atoms with Crippen molar-refractivity contribution in [1.82, 2.24) is 9.97 Å². The van der Waals surface area contributed by atoms with E-state index in [0.29, 0.717) is 37.1 Å². The van der Waals surface area contributed by atoms with Crippen molar-refractivity contribution in [3.05, 3.63) is 48.0 Å². The molecule has 12 nitrogen and oxygen atoms in total. The summed E-state index contributed by atoms with van der Waals surface area (Å²) in [6.07, 6.45) is 9.34. The number of aliphatic hydroxyl groups is 2. The summed E-state index contributed by atoms with van der Waals surface area (Å²) < 4.78 is 22.8. The van der Waals surface area contributed by atoms with Gasteiger partial charge in [-0.25, -0.2) is 0 Å². The summed E-state index contributed by atoms with van der Waals surface area (Å²) in [5.74, 6) is -0.773. The Labute approximate surface area is 244 Å². The fraction of sp³-hybridized carbons (Fsp3) is 0.600. The summed E-state index contributed by atoms with van der Waals surface area (Å²) in [5.41, 5.74) is 12.5. The highest BCUT2D eigenvalue weighted by molar-refractivity contribution is 5.66. The van der Waals surface area contributed by atoms with Crippen LogP contribution in [0, 0.1) is 0 Å². The fourth-order valence-electron chi connectivity index (χ4n) is 6.90. The summed E-state index contributed by atoms with van der Waals surface area (Å²) in [6.45, 7) is 2.72. The van der Waals surface area contributed by atoms with Gasteiger partial charge in [-0.3, -0.25) is 19.6 Å². The first-order valence-corrected chi connectivity index (χ1v) is 14.5. The van der Waals surface area contributed by atoms with Crippen LogP contribution < -0.4 is 11.5 Å². The minimum Gasteiger partial charge on any atom is -0.459 e. The number of fused-ring (bicyclic) bond motifs is 2. The lowest BCUT2D eigenvalue weighted by Gasteiger charge is -2.44. The second kappa shape index (κ2) is 12.1. The quantitative estimate of drug-likeness (QED) is 0.385. The second-order valence-corrected chi connectivity index (χ2v) is 11.7. The Kier molecular flexibility index (Phi) is 8.70. The number of carbonyl (C=O) groups excluding carboxylic acids is 2. The summed E-state index contributed by atoms with van der Waals surface area (Å²) in [6, 6.07) is 3.62.